The molecule has 0 aliphatic carbocycles. The Hall–Kier alpha value is -1.79. The minimum absolute atomic E-state index is 0.140. The maximum atomic E-state index is 12.4. The van der Waals surface area contributed by atoms with Crippen molar-refractivity contribution in [2.24, 2.45) is 0 Å². The van der Waals surface area contributed by atoms with Gasteiger partial charge in [-0.15, -0.1) is 0 Å². The highest BCUT2D eigenvalue weighted by atomic mass is 16.4. The van der Waals surface area contributed by atoms with Crippen molar-refractivity contribution in [2.75, 3.05) is 33.2 Å². The lowest BCUT2D eigenvalue weighted by Crippen LogP contribution is -2.65. The molecule has 1 heterocycles. The molecular formula is C12H21N3O4. The van der Waals surface area contributed by atoms with Gasteiger partial charge in [-0.3, -0.25) is 9.59 Å². The Morgan fingerprint density at radius 3 is 2.42 bits per heavy atom. The monoisotopic (exact) mass is 271 g/mol. The molecule has 3 amide bonds. The lowest BCUT2D eigenvalue weighted by Gasteiger charge is -2.46. The van der Waals surface area contributed by atoms with Crippen LogP contribution in [0.25, 0.3) is 0 Å². The van der Waals surface area contributed by atoms with E-state index in [1.54, 1.807) is 32.7 Å². The van der Waals surface area contributed by atoms with Gasteiger partial charge in [-0.25, -0.2) is 4.79 Å². The second-order valence-electron chi connectivity index (χ2n) is 5.13. The minimum Gasteiger partial charge on any atom is -0.480 e. The molecule has 0 aromatic carbocycles. The van der Waals surface area contributed by atoms with Gasteiger partial charge in [0.1, 0.15) is 12.1 Å². The van der Waals surface area contributed by atoms with E-state index in [-0.39, 0.29) is 12.5 Å². The van der Waals surface area contributed by atoms with Gasteiger partial charge in [0.25, 0.3) is 0 Å². The van der Waals surface area contributed by atoms with Crippen LogP contribution in [-0.4, -0.2) is 76.5 Å². The zero-order chi connectivity index (χ0) is 14.8. The Kier molecular flexibility index (Phi) is 4.39. The summed E-state index contributed by atoms with van der Waals surface area (Å²) in [5.41, 5.74) is -0.948. The van der Waals surface area contributed by atoms with Crippen LogP contribution < -0.4 is 0 Å². The Bertz CT molecular complexity index is 394. The van der Waals surface area contributed by atoms with E-state index in [9.17, 15) is 14.4 Å². The maximum Gasteiger partial charge on any atom is 0.323 e. The molecule has 0 aromatic heterocycles. The lowest BCUT2D eigenvalue weighted by molar-refractivity contribution is -0.145. The van der Waals surface area contributed by atoms with E-state index in [2.05, 4.69) is 0 Å². The molecule has 0 saturated carbocycles. The highest BCUT2D eigenvalue weighted by Gasteiger charge is 2.44. The first kappa shape index (κ1) is 15.3. The van der Waals surface area contributed by atoms with E-state index in [0.29, 0.717) is 19.6 Å². The SMILES string of the molecule is CCN(CC(=O)O)C(=O)N1CCN(C)C(=O)C1(C)C. The average molecular weight is 271 g/mol. The molecule has 0 atom stereocenters. The van der Waals surface area contributed by atoms with E-state index < -0.39 is 17.5 Å². The van der Waals surface area contributed by atoms with Crippen LogP contribution in [0.2, 0.25) is 0 Å². The van der Waals surface area contributed by atoms with Gasteiger partial charge in [-0.05, 0) is 20.8 Å². The third kappa shape index (κ3) is 2.97. The molecule has 1 fully saturated rings. The van der Waals surface area contributed by atoms with Crippen LogP contribution in [0.4, 0.5) is 4.79 Å². The van der Waals surface area contributed by atoms with Crippen LogP contribution in [0.1, 0.15) is 20.8 Å². The highest BCUT2D eigenvalue weighted by Crippen LogP contribution is 2.23. The molecule has 0 unspecified atom stereocenters. The first-order valence-corrected chi connectivity index (χ1v) is 6.25. The Morgan fingerprint density at radius 2 is 1.95 bits per heavy atom. The fourth-order valence-electron chi connectivity index (χ4n) is 2.20. The topological polar surface area (TPSA) is 81.2 Å². The number of nitrogens with zero attached hydrogens (tertiary/aromatic N) is 3. The molecule has 7 nitrogen and oxygen atoms in total. The van der Waals surface area contributed by atoms with E-state index >= 15 is 0 Å². The van der Waals surface area contributed by atoms with Crippen molar-refractivity contribution < 1.29 is 19.5 Å². The molecule has 1 rings (SSSR count). The molecule has 0 spiro atoms. The number of carbonyl (C=O) groups excluding carboxylic acids is 2. The number of likely N-dealkylation sites (N-methyl/N-ethyl adjacent to an activating group) is 2. The molecule has 1 saturated heterocycles. The fourth-order valence-corrected chi connectivity index (χ4v) is 2.20. The van der Waals surface area contributed by atoms with E-state index in [1.165, 1.54) is 9.80 Å². The van der Waals surface area contributed by atoms with Gasteiger partial charge in [-0.1, -0.05) is 0 Å². The Labute approximate surface area is 112 Å². The summed E-state index contributed by atoms with van der Waals surface area (Å²) in [6.45, 7) is 5.87. The average Bonchev–Trinajstić information content (AvgIpc) is 2.32. The molecule has 108 valence electrons. The van der Waals surface area contributed by atoms with E-state index in [1.807, 2.05) is 0 Å². The molecule has 1 aliphatic heterocycles. The quantitative estimate of drug-likeness (QED) is 0.787. The zero-order valence-electron chi connectivity index (χ0n) is 11.8. The number of carboxylic acids is 1. The molecule has 1 aliphatic rings. The molecule has 0 aromatic rings. The van der Waals surface area contributed by atoms with Crippen LogP contribution in [0, 0.1) is 0 Å². The predicted octanol–water partition coefficient (Wildman–Crippen LogP) is 0.0655. The summed E-state index contributed by atoms with van der Waals surface area (Å²) in [6, 6.07) is -0.406. The summed E-state index contributed by atoms with van der Waals surface area (Å²) in [4.78, 5) is 39.4. The van der Waals surface area contributed by atoms with Gasteiger partial charge in [0.2, 0.25) is 5.91 Å². The molecular weight excluding hydrogens is 250 g/mol. The number of rotatable bonds is 3. The molecule has 1 N–H and O–H groups in total. The summed E-state index contributed by atoms with van der Waals surface area (Å²) in [7, 11) is 1.70. The fraction of sp³-hybridized carbons (Fsp3) is 0.750. The van der Waals surface area contributed by atoms with Crippen LogP contribution in [0.15, 0.2) is 0 Å². The van der Waals surface area contributed by atoms with Gasteiger partial charge in [0.15, 0.2) is 0 Å². The van der Waals surface area contributed by atoms with Gasteiger partial charge < -0.3 is 19.8 Å². The third-order valence-electron chi connectivity index (χ3n) is 3.41. The number of carbonyl (C=O) groups is 3. The Balaban J connectivity index is 2.91. The predicted molar refractivity (Wildman–Crippen MR) is 68.7 cm³/mol. The van der Waals surface area contributed by atoms with Gasteiger partial charge in [0, 0.05) is 26.7 Å². The summed E-state index contributed by atoms with van der Waals surface area (Å²) in [5, 5.41) is 8.80. The number of aliphatic carboxylic acids is 1. The van der Waals surface area contributed by atoms with Gasteiger partial charge >= 0.3 is 12.0 Å². The number of hydrogen-bond donors (Lipinski definition) is 1. The molecule has 0 radical (unpaired) electrons. The Morgan fingerprint density at radius 1 is 1.37 bits per heavy atom. The minimum atomic E-state index is -1.06. The number of piperazine rings is 1. The second kappa shape index (κ2) is 5.46. The van der Waals surface area contributed by atoms with Crippen LogP contribution in [-0.2, 0) is 9.59 Å². The zero-order valence-corrected chi connectivity index (χ0v) is 11.8. The van der Waals surface area contributed by atoms with Crippen LogP contribution in [0.5, 0.6) is 0 Å². The first-order chi connectivity index (χ1) is 8.71. The second-order valence-corrected chi connectivity index (χ2v) is 5.13. The standard InChI is InChI=1S/C12H21N3O4/c1-5-14(8-9(16)17)11(19)15-7-6-13(4)10(18)12(15,2)3/h5-8H2,1-4H3,(H,16,17). The number of amides is 3. The van der Waals surface area contributed by atoms with Crippen molar-refractivity contribution in [3.8, 4) is 0 Å². The van der Waals surface area contributed by atoms with Gasteiger partial charge in [-0.2, -0.15) is 0 Å². The summed E-state index contributed by atoms with van der Waals surface area (Å²) < 4.78 is 0. The van der Waals surface area contributed by atoms with E-state index in [4.69, 9.17) is 5.11 Å². The van der Waals surface area contributed by atoms with Crippen molar-refractivity contribution in [1.82, 2.24) is 14.7 Å². The largest absolute Gasteiger partial charge is 0.480 e. The van der Waals surface area contributed by atoms with Crippen molar-refractivity contribution in [1.29, 1.82) is 0 Å². The summed E-state index contributed by atoms with van der Waals surface area (Å²) >= 11 is 0. The van der Waals surface area contributed by atoms with Crippen LogP contribution >= 0.6 is 0 Å². The molecule has 7 heteroatoms. The maximum absolute atomic E-state index is 12.4. The third-order valence-corrected chi connectivity index (χ3v) is 3.41. The number of hydrogen-bond acceptors (Lipinski definition) is 3. The van der Waals surface area contributed by atoms with Crippen molar-refractivity contribution in [3.05, 3.63) is 0 Å². The molecule has 0 bridgehead atoms. The first-order valence-electron chi connectivity index (χ1n) is 6.25. The van der Waals surface area contributed by atoms with Crippen molar-refractivity contribution in [3.63, 3.8) is 0 Å². The summed E-state index contributed by atoms with van der Waals surface area (Å²) in [5.74, 6) is -1.20. The molecule has 19 heavy (non-hydrogen) atoms. The number of urea groups is 1. The van der Waals surface area contributed by atoms with Gasteiger partial charge in [0.05, 0.1) is 0 Å². The smallest absolute Gasteiger partial charge is 0.323 e. The lowest BCUT2D eigenvalue weighted by atomic mass is 9.98. The van der Waals surface area contributed by atoms with E-state index in [0.717, 1.165) is 0 Å². The van der Waals surface area contributed by atoms with Crippen molar-refractivity contribution in [2.45, 2.75) is 26.3 Å². The van der Waals surface area contributed by atoms with Crippen molar-refractivity contribution >= 4 is 17.9 Å². The highest BCUT2D eigenvalue weighted by molar-refractivity contribution is 5.92. The summed E-state index contributed by atoms with van der Waals surface area (Å²) in [6.07, 6.45) is 0. The van der Waals surface area contributed by atoms with Crippen LogP contribution in [0.3, 0.4) is 0 Å². The normalized spacial score (nSPS) is 18.4. The number of carboxylic acid groups (broad SMARTS) is 1.